The third kappa shape index (κ3) is 3.77. The predicted octanol–water partition coefficient (Wildman–Crippen LogP) is 4.70. The molecule has 0 fully saturated rings. The monoisotopic (exact) mass is 274 g/mol. The van der Waals surface area contributed by atoms with Crippen molar-refractivity contribution in [3.8, 4) is 11.3 Å². The van der Waals surface area contributed by atoms with Gasteiger partial charge in [-0.05, 0) is 24.5 Å². The van der Waals surface area contributed by atoms with Crippen molar-refractivity contribution in [3.05, 3.63) is 46.9 Å². The molecule has 0 N–H and O–H groups in total. The van der Waals surface area contributed by atoms with E-state index < -0.39 is 0 Å². The van der Waals surface area contributed by atoms with Crippen LogP contribution in [0, 0.1) is 0 Å². The molecule has 0 atom stereocenters. The van der Waals surface area contributed by atoms with Gasteiger partial charge < -0.3 is 0 Å². The van der Waals surface area contributed by atoms with Crippen molar-refractivity contribution in [2.45, 2.75) is 39.5 Å². The zero-order valence-corrected chi connectivity index (χ0v) is 12.2. The largest absolute Gasteiger partial charge is 0.233 e. The zero-order chi connectivity index (χ0) is 13.7. The van der Waals surface area contributed by atoms with Crippen LogP contribution in [-0.4, -0.2) is 9.97 Å². The first-order valence-electron chi connectivity index (χ1n) is 6.85. The molecule has 0 radical (unpaired) electrons. The lowest BCUT2D eigenvalue weighted by molar-refractivity contribution is 0.836. The fraction of sp³-hybridized carbons (Fsp3) is 0.375. The summed E-state index contributed by atoms with van der Waals surface area (Å²) in [5.74, 6) is 0.825. The van der Waals surface area contributed by atoms with Crippen LogP contribution in [0.5, 0.6) is 0 Å². The molecule has 0 saturated heterocycles. The number of nitrogens with zero attached hydrogens (tertiary/aromatic N) is 2. The molecule has 0 bridgehead atoms. The molecule has 19 heavy (non-hydrogen) atoms. The van der Waals surface area contributed by atoms with Crippen molar-refractivity contribution in [2.24, 2.45) is 0 Å². The third-order valence-corrected chi connectivity index (χ3v) is 3.17. The smallest absolute Gasteiger partial charge is 0.133 e. The second-order valence-corrected chi connectivity index (χ2v) is 5.08. The van der Waals surface area contributed by atoms with Crippen LogP contribution in [-0.2, 0) is 12.8 Å². The van der Waals surface area contributed by atoms with E-state index in [0.717, 1.165) is 42.8 Å². The summed E-state index contributed by atoms with van der Waals surface area (Å²) in [6.07, 6.45) is 4.13. The highest BCUT2D eigenvalue weighted by molar-refractivity contribution is 6.29. The maximum absolute atomic E-state index is 6.09. The van der Waals surface area contributed by atoms with Gasteiger partial charge >= 0.3 is 0 Å². The zero-order valence-electron chi connectivity index (χ0n) is 11.5. The minimum absolute atomic E-state index is 0.523. The van der Waals surface area contributed by atoms with Crippen molar-refractivity contribution < 1.29 is 0 Å². The average molecular weight is 275 g/mol. The molecule has 2 nitrogen and oxygen atoms in total. The first-order valence-corrected chi connectivity index (χ1v) is 7.23. The van der Waals surface area contributed by atoms with Gasteiger partial charge in [-0.15, -0.1) is 0 Å². The molecule has 0 aliphatic rings. The molecule has 0 amide bonds. The number of benzene rings is 1. The van der Waals surface area contributed by atoms with Crippen LogP contribution in [0.4, 0.5) is 0 Å². The highest BCUT2D eigenvalue weighted by Crippen LogP contribution is 2.22. The van der Waals surface area contributed by atoms with Gasteiger partial charge in [-0.2, -0.15) is 0 Å². The first-order chi connectivity index (χ1) is 9.22. The van der Waals surface area contributed by atoms with Gasteiger partial charge in [0.1, 0.15) is 11.0 Å². The molecule has 2 aromatic rings. The van der Waals surface area contributed by atoms with Crippen LogP contribution in [0.15, 0.2) is 30.3 Å². The molecule has 0 aliphatic carbocycles. The summed E-state index contributed by atoms with van der Waals surface area (Å²) in [4.78, 5) is 8.86. The number of rotatable bonds is 5. The molecule has 0 spiro atoms. The molecule has 0 unspecified atom stereocenters. The highest BCUT2D eigenvalue weighted by Gasteiger charge is 2.06. The summed E-state index contributed by atoms with van der Waals surface area (Å²) in [5, 5.41) is 0.523. The van der Waals surface area contributed by atoms with Crippen LogP contribution >= 0.6 is 11.6 Å². The van der Waals surface area contributed by atoms with Gasteiger partial charge in [-0.25, -0.2) is 9.97 Å². The number of hydrogen-bond donors (Lipinski definition) is 0. The van der Waals surface area contributed by atoms with Crippen LogP contribution in [0.2, 0.25) is 5.15 Å². The molecule has 1 aromatic carbocycles. The molecule has 1 aromatic heterocycles. The third-order valence-electron chi connectivity index (χ3n) is 2.98. The summed E-state index contributed by atoms with van der Waals surface area (Å²) < 4.78 is 0. The van der Waals surface area contributed by atoms with Gasteiger partial charge in [0.25, 0.3) is 0 Å². The normalized spacial score (nSPS) is 10.7. The Kier molecular flexibility index (Phi) is 4.92. The van der Waals surface area contributed by atoms with Crippen LogP contribution < -0.4 is 0 Å². The van der Waals surface area contributed by atoms with Gasteiger partial charge in [-0.1, -0.05) is 50.1 Å². The summed E-state index contributed by atoms with van der Waals surface area (Å²) in [6, 6.07) is 10.3. The summed E-state index contributed by atoms with van der Waals surface area (Å²) in [7, 11) is 0. The number of hydrogen-bond acceptors (Lipinski definition) is 2. The molecule has 0 aliphatic heterocycles. The molecular formula is C16H19ClN2. The van der Waals surface area contributed by atoms with Gasteiger partial charge in [0.05, 0.1) is 5.69 Å². The lowest BCUT2D eigenvalue weighted by atomic mass is 10.0. The van der Waals surface area contributed by atoms with Crippen molar-refractivity contribution in [1.82, 2.24) is 9.97 Å². The van der Waals surface area contributed by atoms with E-state index in [0.29, 0.717) is 5.15 Å². The van der Waals surface area contributed by atoms with Gasteiger partial charge in [0.15, 0.2) is 0 Å². The van der Waals surface area contributed by atoms with Gasteiger partial charge in [0, 0.05) is 18.1 Å². The Morgan fingerprint density at radius 2 is 1.79 bits per heavy atom. The molecular weight excluding hydrogens is 256 g/mol. The maximum atomic E-state index is 6.09. The second-order valence-electron chi connectivity index (χ2n) is 4.69. The predicted molar refractivity (Wildman–Crippen MR) is 80.5 cm³/mol. The van der Waals surface area contributed by atoms with E-state index in [-0.39, 0.29) is 0 Å². The first kappa shape index (κ1) is 14.0. The van der Waals surface area contributed by atoms with E-state index in [1.54, 1.807) is 0 Å². The quantitative estimate of drug-likeness (QED) is 0.739. The van der Waals surface area contributed by atoms with Crippen LogP contribution in [0.3, 0.4) is 0 Å². The number of aromatic nitrogens is 2. The Hall–Kier alpha value is -1.41. The Morgan fingerprint density at radius 1 is 1.00 bits per heavy atom. The minimum atomic E-state index is 0.523. The van der Waals surface area contributed by atoms with Gasteiger partial charge in [-0.3, -0.25) is 0 Å². The maximum Gasteiger partial charge on any atom is 0.133 e. The van der Waals surface area contributed by atoms with Crippen molar-refractivity contribution in [2.75, 3.05) is 0 Å². The highest BCUT2D eigenvalue weighted by atomic mass is 35.5. The lowest BCUT2D eigenvalue weighted by Crippen LogP contribution is -1.97. The number of halogens is 1. The summed E-state index contributed by atoms with van der Waals surface area (Å²) >= 11 is 6.09. The van der Waals surface area contributed by atoms with E-state index in [1.807, 2.05) is 6.07 Å². The summed E-state index contributed by atoms with van der Waals surface area (Å²) in [6.45, 7) is 4.30. The minimum Gasteiger partial charge on any atom is -0.233 e. The molecule has 0 saturated carbocycles. The molecule has 100 valence electrons. The van der Waals surface area contributed by atoms with E-state index >= 15 is 0 Å². The van der Waals surface area contributed by atoms with Crippen LogP contribution in [0.1, 0.15) is 38.1 Å². The van der Waals surface area contributed by atoms with Crippen molar-refractivity contribution in [1.29, 1.82) is 0 Å². The van der Waals surface area contributed by atoms with Crippen molar-refractivity contribution >= 4 is 11.6 Å². The topological polar surface area (TPSA) is 25.8 Å². The Morgan fingerprint density at radius 3 is 2.53 bits per heavy atom. The molecule has 2 rings (SSSR count). The van der Waals surface area contributed by atoms with E-state index in [9.17, 15) is 0 Å². The average Bonchev–Trinajstić information content (AvgIpc) is 2.39. The Labute approximate surface area is 119 Å². The van der Waals surface area contributed by atoms with Gasteiger partial charge in [0.2, 0.25) is 0 Å². The SMILES string of the molecule is CCCc1cccc(-c2cc(Cl)nc(CCC)n2)c1. The molecule has 3 heteroatoms. The fourth-order valence-corrected chi connectivity index (χ4v) is 2.32. The Balaban J connectivity index is 2.37. The van der Waals surface area contributed by atoms with E-state index in [4.69, 9.17) is 11.6 Å². The standard InChI is InChI=1S/C16H19ClN2/c1-3-6-12-8-5-9-13(10-12)14-11-15(17)19-16(18-14)7-4-2/h5,8-11H,3-4,6-7H2,1-2H3. The number of aryl methyl sites for hydroxylation is 2. The van der Waals surface area contributed by atoms with E-state index in [1.165, 1.54) is 5.56 Å². The lowest BCUT2D eigenvalue weighted by Gasteiger charge is -2.06. The second kappa shape index (κ2) is 6.67. The van der Waals surface area contributed by atoms with Crippen molar-refractivity contribution in [3.63, 3.8) is 0 Å². The molecule has 1 heterocycles. The van der Waals surface area contributed by atoms with E-state index in [2.05, 4.69) is 48.1 Å². The Bertz CT molecular complexity index is 552. The fourth-order valence-electron chi connectivity index (χ4n) is 2.12. The van der Waals surface area contributed by atoms with Crippen LogP contribution in [0.25, 0.3) is 11.3 Å². The summed E-state index contributed by atoms with van der Waals surface area (Å²) in [5.41, 5.74) is 3.38.